The van der Waals surface area contributed by atoms with Crippen molar-refractivity contribution in [2.45, 2.75) is 38.8 Å². The highest BCUT2D eigenvalue weighted by Gasteiger charge is 2.31. The summed E-state index contributed by atoms with van der Waals surface area (Å²) in [5.74, 6) is 1.13. The van der Waals surface area contributed by atoms with Crippen LogP contribution in [-0.2, 0) is 21.1 Å². The Morgan fingerprint density at radius 1 is 1.36 bits per heavy atom. The zero-order chi connectivity index (χ0) is 18.4. The van der Waals surface area contributed by atoms with Gasteiger partial charge in [0, 0.05) is 12.6 Å². The molecule has 2 rings (SSSR count). The Morgan fingerprint density at radius 2 is 2.08 bits per heavy atom. The molecule has 6 nitrogen and oxygen atoms in total. The number of likely N-dealkylation sites (N-methyl/N-ethyl adjacent to an activating group) is 1. The summed E-state index contributed by atoms with van der Waals surface area (Å²) >= 11 is 0. The third-order valence-corrected chi connectivity index (χ3v) is 6.03. The molecule has 25 heavy (non-hydrogen) atoms. The van der Waals surface area contributed by atoms with Crippen LogP contribution in [0.4, 0.5) is 0 Å². The van der Waals surface area contributed by atoms with Gasteiger partial charge in [-0.1, -0.05) is 18.2 Å². The fourth-order valence-corrected chi connectivity index (χ4v) is 4.76. The molecule has 1 heterocycles. The third kappa shape index (κ3) is 6.32. The maximum Gasteiger partial charge on any atom is 0.234 e. The molecule has 1 aromatic carbocycles. The van der Waals surface area contributed by atoms with Gasteiger partial charge in [-0.3, -0.25) is 9.69 Å². The maximum atomic E-state index is 12.1. The number of carbonyl (C=O) groups excluding carboxylic acids is 1. The highest BCUT2D eigenvalue weighted by molar-refractivity contribution is 7.91. The largest absolute Gasteiger partial charge is 0.491 e. The van der Waals surface area contributed by atoms with Gasteiger partial charge in [0.25, 0.3) is 0 Å². The zero-order valence-electron chi connectivity index (χ0n) is 15.2. The van der Waals surface area contributed by atoms with Crippen LogP contribution in [0.25, 0.3) is 0 Å². The van der Waals surface area contributed by atoms with Crippen molar-refractivity contribution >= 4 is 15.7 Å². The Morgan fingerprint density at radius 3 is 2.72 bits per heavy atom. The molecular weight excluding hydrogens is 340 g/mol. The molecule has 1 N–H and O–H groups in total. The molecule has 1 atom stereocenters. The van der Waals surface area contributed by atoms with E-state index in [2.05, 4.69) is 5.32 Å². The molecule has 1 aliphatic heterocycles. The topological polar surface area (TPSA) is 75.7 Å². The Hall–Kier alpha value is -1.60. The molecule has 1 aliphatic rings. The summed E-state index contributed by atoms with van der Waals surface area (Å²) in [4.78, 5) is 13.9. The van der Waals surface area contributed by atoms with Crippen LogP contribution >= 0.6 is 0 Å². The number of amides is 1. The number of nitrogens with zero attached hydrogens (tertiary/aromatic N) is 1. The van der Waals surface area contributed by atoms with E-state index in [-0.39, 0.29) is 36.1 Å². The molecule has 0 spiro atoms. The van der Waals surface area contributed by atoms with E-state index in [1.807, 2.05) is 43.0 Å². The predicted octanol–water partition coefficient (Wildman–Crippen LogP) is 1.25. The monoisotopic (exact) mass is 368 g/mol. The minimum Gasteiger partial charge on any atom is -0.491 e. The van der Waals surface area contributed by atoms with Crippen LogP contribution in [0.1, 0.15) is 25.8 Å². The van der Waals surface area contributed by atoms with Crippen molar-refractivity contribution in [2.75, 3.05) is 31.6 Å². The number of ether oxygens (including phenoxy) is 1. The van der Waals surface area contributed by atoms with Gasteiger partial charge in [0.2, 0.25) is 5.91 Å². The van der Waals surface area contributed by atoms with Crippen LogP contribution in [0.15, 0.2) is 24.3 Å². The van der Waals surface area contributed by atoms with Crippen LogP contribution < -0.4 is 10.1 Å². The minimum absolute atomic E-state index is 0.0593. The summed E-state index contributed by atoms with van der Waals surface area (Å²) in [7, 11) is -1.13. The van der Waals surface area contributed by atoms with E-state index >= 15 is 0 Å². The van der Waals surface area contributed by atoms with E-state index in [0.29, 0.717) is 19.4 Å². The maximum absolute atomic E-state index is 12.1. The summed E-state index contributed by atoms with van der Waals surface area (Å²) in [6.45, 7) is 4.70. The number of benzene rings is 1. The predicted molar refractivity (Wildman–Crippen MR) is 98.6 cm³/mol. The Balaban J connectivity index is 1.77. The molecule has 1 saturated heterocycles. The van der Waals surface area contributed by atoms with Gasteiger partial charge in [0.15, 0.2) is 9.84 Å². The molecular formula is C18H28N2O4S. The van der Waals surface area contributed by atoms with Crippen molar-refractivity contribution in [2.24, 2.45) is 0 Å². The molecule has 1 aromatic rings. The molecule has 0 aromatic heterocycles. The highest BCUT2D eigenvalue weighted by Crippen LogP contribution is 2.19. The van der Waals surface area contributed by atoms with Gasteiger partial charge in [-0.2, -0.15) is 0 Å². The van der Waals surface area contributed by atoms with Gasteiger partial charge >= 0.3 is 0 Å². The van der Waals surface area contributed by atoms with Gasteiger partial charge < -0.3 is 10.1 Å². The van der Waals surface area contributed by atoms with Crippen molar-refractivity contribution in [1.29, 1.82) is 0 Å². The van der Waals surface area contributed by atoms with Crippen molar-refractivity contribution in [3.8, 4) is 5.75 Å². The summed E-state index contributed by atoms with van der Waals surface area (Å²) in [6.07, 6.45) is 1.40. The number of carbonyl (C=O) groups is 1. The number of para-hydroxylation sites is 1. The van der Waals surface area contributed by atoms with E-state index in [0.717, 1.165) is 11.3 Å². The van der Waals surface area contributed by atoms with Crippen molar-refractivity contribution < 1.29 is 17.9 Å². The molecule has 140 valence electrons. The first-order chi connectivity index (χ1) is 11.8. The van der Waals surface area contributed by atoms with Gasteiger partial charge in [-0.15, -0.1) is 0 Å². The average Bonchev–Trinajstić information content (AvgIpc) is 2.88. The fraction of sp³-hybridized carbons (Fsp3) is 0.611. The average molecular weight is 368 g/mol. The first-order valence-corrected chi connectivity index (χ1v) is 10.5. The van der Waals surface area contributed by atoms with Crippen LogP contribution in [0.3, 0.4) is 0 Å². The van der Waals surface area contributed by atoms with Crippen LogP contribution in [0.2, 0.25) is 0 Å². The number of sulfone groups is 1. The minimum atomic E-state index is -2.93. The second-order valence-electron chi connectivity index (χ2n) is 6.85. The normalized spacial score (nSPS) is 19.3. The lowest BCUT2D eigenvalue weighted by Crippen LogP contribution is -2.41. The van der Waals surface area contributed by atoms with E-state index in [4.69, 9.17) is 4.74 Å². The SMILES string of the molecule is CC(C)Oc1ccccc1CCNC(=O)CN(C)[C@@H]1CCS(=O)(=O)C1. The first kappa shape index (κ1) is 19.7. The Bertz CT molecular complexity index is 688. The number of hydrogen-bond acceptors (Lipinski definition) is 5. The summed E-state index contributed by atoms with van der Waals surface area (Å²) < 4.78 is 28.8. The molecule has 1 fully saturated rings. The standard InChI is InChI=1S/C18H28N2O4S/c1-14(2)24-17-7-5-4-6-15(17)8-10-19-18(21)12-20(3)16-9-11-25(22,23)13-16/h4-7,14,16H,8-13H2,1-3H3,(H,19,21)/t16-/m1/s1. The first-order valence-electron chi connectivity index (χ1n) is 8.69. The van der Waals surface area contributed by atoms with Crippen molar-refractivity contribution in [1.82, 2.24) is 10.2 Å². The number of nitrogens with one attached hydrogen (secondary N) is 1. The van der Waals surface area contributed by atoms with Crippen LogP contribution in [-0.4, -0.2) is 63.0 Å². The lowest BCUT2D eigenvalue weighted by Gasteiger charge is -2.22. The lowest BCUT2D eigenvalue weighted by molar-refractivity contribution is -0.122. The quantitative estimate of drug-likeness (QED) is 0.747. The van der Waals surface area contributed by atoms with E-state index in [9.17, 15) is 13.2 Å². The number of hydrogen-bond donors (Lipinski definition) is 1. The second kappa shape index (κ2) is 8.67. The van der Waals surface area contributed by atoms with Crippen molar-refractivity contribution in [3.05, 3.63) is 29.8 Å². The molecule has 0 unspecified atom stereocenters. The van der Waals surface area contributed by atoms with Crippen LogP contribution in [0.5, 0.6) is 5.75 Å². The zero-order valence-corrected chi connectivity index (χ0v) is 16.0. The highest BCUT2D eigenvalue weighted by atomic mass is 32.2. The van der Waals surface area contributed by atoms with Gasteiger partial charge in [0.05, 0.1) is 24.2 Å². The molecule has 0 aliphatic carbocycles. The van der Waals surface area contributed by atoms with Gasteiger partial charge in [0.1, 0.15) is 5.75 Å². The molecule has 0 radical (unpaired) electrons. The van der Waals surface area contributed by atoms with Gasteiger partial charge in [-0.25, -0.2) is 8.42 Å². The van der Waals surface area contributed by atoms with E-state index < -0.39 is 9.84 Å². The van der Waals surface area contributed by atoms with Crippen LogP contribution in [0, 0.1) is 0 Å². The van der Waals surface area contributed by atoms with Crippen molar-refractivity contribution in [3.63, 3.8) is 0 Å². The number of rotatable bonds is 8. The molecule has 7 heteroatoms. The lowest BCUT2D eigenvalue weighted by atomic mass is 10.1. The third-order valence-electron chi connectivity index (χ3n) is 4.28. The smallest absolute Gasteiger partial charge is 0.234 e. The summed E-state index contributed by atoms with van der Waals surface area (Å²) in [5, 5.41) is 2.90. The fourth-order valence-electron chi connectivity index (χ4n) is 2.95. The summed E-state index contributed by atoms with van der Waals surface area (Å²) in [6, 6.07) is 7.77. The van der Waals surface area contributed by atoms with Gasteiger partial charge in [-0.05, 0) is 45.4 Å². The second-order valence-corrected chi connectivity index (χ2v) is 9.07. The summed E-state index contributed by atoms with van der Waals surface area (Å²) in [5.41, 5.74) is 1.06. The van der Waals surface area contributed by atoms with E-state index in [1.165, 1.54) is 0 Å². The van der Waals surface area contributed by atoms with E-state index in [1.54, 1.807) is 7.05 Å². The Labute approximate surface area is 150 Å². The molecule has 1 amide bonds. The molecule has 0 saturated carbocycles. The molecule has 0 bridgehead atoms. The Kier molecular flexibility index (Phi) is 6.84.